The van der Waals surface area contributed by atoms with Crippen LogP contribution in [0.25, 0.3) is 28.2 Å². The molecular formula is C26H21N3O2. The number of carbonyl (C=O) groups excluding carboxylic acids is 1. The van der Waals surface area contributed by atoms with Crippen molar-refractivity contribution in [3.63, 3.8) is 0 Å². The Morgan fingerprint density at radius 1 is 0.839 bits per heavy atom. The van der Waals surface area contributed by atoms with Gasteiger partial charge in [-0.05, 0) is 50.3 Å². The van der Waals surface area contributed by atoms with Crippen LogP contribution in [0.4, 0.5) is 5.69 Å². The highest BCUT2D eigenvalue weighted by Gasteiger charge is 2.34. The van der Waals surface area contributed by atoms with Crippen LogP contribution in [0.5, 0.6) is 0 Å². The minimum absolute atomic E-state index is 0.0143. The van der Waals surface area contributed by atoms with E-state index in [0.29, 0.717) is 28.0 Å². The minimum Gasteiger partial charge on any atom is -0.305 e. The summed E-state index contributed by atoms with van der Waals surface area (Å²) in [5.41, 5.74) is 3.41. The van der Waals surface area contributed by atoms with Gasteiger partial charge in [0.25, 0.3) is 11.5 Å². The molecule has 0 aliphatic carbocycles. The zero-order chi connectivity index (χ0) is 21.5. The second-order valence-corrected chi connectivity index (χ2v) is 7.81. The van der Waals surface area contributed by atoms with Gasteiger partial charge in [-0.3, -0.25) is 14.2 Å². The first kappa shape index (κ1) is 19.0. The fourth-order valence-corrected chi connectivity index (χ4v) is 4.12. The summed E-state index contributed by atoms with van der Waals surface area (Å²) in [5, 5.41) is 0.537. The predicted molar refractivity (Wildman–Crippen MR) is 124 cm³/mol. The minimum atomic E-state index is -0.164. The van der Waals surface area contributed by atoms with Gasteiger partial charge in [-0.15, -0.1) is 0 Å². The van der Waals surface area contributed by atoms with E-state index in [1.807, 2.05) is 86.6 Å². The first-order valence-corrected chi connectivity index (χ1v) is 10.3. The Hall–Kier alpha value is -3.99. The van der Waals surface area contributed by atoms with Gasteiger partial charge in [-0.2, -0.15) is 0 Å². The molecule has 1 aliphatic rings. The van der Waals surface area contributed by atoms with Crippen molar-refractivity contribution in [2.45, 2.75) is 19.9 Å². The summed E-state index contributed by atoms with van der Waals surface area (Å²) in [5.74, 6) is 0.344. The molecule has 0 fully saturated rings. The maximum absolute atomic E-state index is 13.4. The molecule has 5 heteroatoms. The number of para-hydroxylation sites is 3. The van der Waals surface area contributed by atoms with Gasteiger partial charge >= 0.3 is 0 Å². The van der Waals surface area contributed by atoms with Crippen LogP contribution in [-0.2, 0) is 4.79 Å². The molecule has 0 N–H and O–H groups in total. The van der Waals surface area contributed by atoms with Crippen LogP contribution in [0, 0.1) is 0 Å². The molecule has 0 saturated carbocycles. The molecule has 0 atom stereocenters. The summed E-state index contributed by atoms with van der Waals surface area (Å²) < 4.78 is 1.57. The van der Waals surface area contributed by atoms with E-state index >= 15 is 0 Å². The van der Waals surface area contributed by atoms with E-state index in [4.69, 9.17) is 4.98 Å². The molecule has 0 saturated heterocycles. The summed E-state index contributed by atoms with van der Waals surface area (Å²) in [7, 11) is 0. The van der Waals surface area contributed by atoms with Gasteiger partial charge in [0.1, 0.15) is 5.82 Å². The van der Waals surface area contributed by atoms with Crippen molar-refractivity contribution < 1.29 is 4.79 Å². The highest BCUT2D eigenvalue weighted by Crippen LogP contribution is 2.38. The van der Waals surface area contributed by atoms with E-state index in [0.717, 1.165) is 11.3 Å². The van der Waals surface area contributed by atoms with E-state index in [9.17, 15) is 9.59 Å². The lowest BCUT2D eigenvalue weighted by molar-refractivity contribution is -0.113. The number of carbonyl (C=O) groups is 1. The van der Waals surface area contributed by atoms with Crippen molar-refractivity contribution in [3.05, 3.63) is 101 Å². The monoisotopic (exact) mass is 407 g/mol. The molecule has 0 unspecified atom stereocenters. The Labute approximate surface area is 179 Å². The van der Waals surface area contributed by atoms with Crippen molar-refractivity contribution in [1.82, 2.24) is 9.55 Å². The van der Waals surface area contributed by atoms with Gasteiger partial charge in [-0.1, -0.05) is 48.5 Å². The van der Waals surface area contributed by atoms with E-state index < -0.39 is 0 Å². The van der Waals surface area contributed by atoms with Crippen LogP contribution < -0.4 is 10.5 Å². The first-order valence-electron chi connectivity index (χ1n) is 10.3. The molecule has 3 aromatic carbocycles. The van der Waals surface area contributed by atoms with E-state index in [1.165, 1.54) is 0 Å². The lowest BCUT2D eigenvalue weighted by Gasteiger charge is -2.21. The Kier molecular flexibility index (Phi) is 4.51. The summed E-state index contributed by atoms with van der Waals surface area (Å²) >= 11 is 0. The molecular weight excluding hydrogens is 386 g/mol. The Bertz CT molecular complexity index is 1400. The van der Waals surface area contributed by atoms with E-state index in [1.54, 1.807) is 21.6 Å². The number of fused-ring (bicyclic) bond motifs is 2. The lowest BCUT2D eigenvalue weighted by atomic mass is 10.1. The van der Waals surface area contributed by atoms with E-state index in [2.05, 4.69) is 0 Å². The van der Waals surface area contributed by atoms with Gasteiger partial charge in [0, 0.05) is 11.6 Å². The summed E-state index contributed by atoms with van der Waals surface area (Å²) in [6.07, 6.45) is 1.74. The average molecular weight is 407 g/mol. The van der Waals surface area contributed by atoms with Gasteiger partial charge in [-0.25, -0.2) is 4.98 Å². The maximum atomic E-state index is 13.4. The number of benzene rings is 3. The molecule has 5 nitrogen and oxygen atoms in total. The molecule has 0 spiro atoms. The fourth-order valence-electron chi connectivity index (χ4n) is 4.12. The summed E-state index contributed by atoms with van der Waals surface area (Å²) in [4.78, 5) is 33.3. The average Bonchev–Trinajstić information content (AvgIpc) is 3.06. The van der Waals surface area contributed by atoms with Crippen molar-refractivity contribution >= 4 is 34.1 Å². The number of rotatable bonds is 3. The quantitative estimate of drug-likeness (QED) is 0.463. The predicted octanol–water partition coefficient (Wildman–Crippen LogP) is 4.68. The Balaban J connectivity index is 1.81. The van der Waals surface area contributed by atoms with E-state index in [-0.39, 0.29) is 17.5 Å². The first-order chi connectivity index (χ1) is 15.1. The number of nitrogens with zero attached hydrogens (tertiary/aromatic N) is 3. The smallest absolute Gasteiger partial charge is 0.266 e. The van der Waals surface area contributed by atoms with Gasteiger partial charge in [0.15, 0.2) is 0 Å². The maximum Gasteiger partial charge on any atom is 0.266 e. The molecule has 1 amide bonds. The molecule has 1 aliphatic heterocycles. The van der Waals surface area contributed by atoms with Gasteiger partial charge in [0.05, 0.1) is 27.9 Å². The number of anilines is 1. The number of amides is 1. The molecule has 152 valence electrons. The molecule has 0 radical (unpaired) electrons. The highest BCUT2D eigenvalue weighted by molar-refractivity contribution is 6.35. The third-order valence-electron chi connectivity index (χ3n) is 5.51. The summed E-state index contributed by atoms with van der Waals surface area (Å²) in [6.45, 7) is 3.98. The van der Waals surface area contributed by atoms with Crippen molar-refractivity contribution in [2.75, 3.05) is 4.90 Å². The lowest BCUT2D eigenvalue weighted by Crippen LogP contribution is -2.33. The van der Waals surface area contributed by atoms with Crippen molar-refractivity contribution in [1.29, 1.82) is 0 Å². The molecule has 5 rings (SSSR count). The highest BCUT2D eigenvalue weighted by atomic mass is 16.2. The fraction of sp³-hybridized carbons (Fsp3) is 0.115. The van der Waals surface area contributed by atoms with Crippen LogP contribution in [-0.4, -0.2) is 21.5 Å². The number of hydrogen-bond acceptors (Lipinski definition) is 3. The zero-order valence-electron chi connectivity index (χ0n) is 17.3. The Morgan fingerprint density at radius 2 is 1.52 bits per heavy atom. The molecule has 1 aromatic heterocycles. The molecule has 4 aromatic rings. The third-order valence-corrected chi connectivity index (χ3v) is 5.51. The van der Waals surface area contributed by atoms with Crippen LogP contribution in [0.1, 0.15) is 25.2 Å². The van der Waals surface area contributed by atoms with Crippen LogP contribution in [0.15, 0.2) is 83.7 Å². The van der Waals surface area contributed by atoms with Crippen LogP contribution in [0.3, 0.4) is 0 Å². The topological polar surface area (TPSA) is 55.2 Å². The second kappa shape index (κ2) is 7.36. The number of hydrogen-bond donors (Lipinski definition) is 0. The standard InChI is InChI=1S/C26H21N3O2/c1-17(2)28-23-15-9-7-12-19(23)21(26(28)31)16-24-27-22-14-8-6-13-20(22)25(30)29(24)18-10-4-3-5-11-18/h3-17H,1-2H3/b21-16-. The largest absolute Gasteiger partial charge is 0.305 e. The zero-order valence-corrected chi connectivity index (χ0v) is 17.3. The van der Waals surface area contributed by atoms with Crippen LogP contribution >= 0.6 is 0 Å². The Morgan fingerprint density at radius 3 is 2.29 bits per heavy atom. The normalized spacial score (nSPS) is 14.6. The van der Waals surface area contributed by atoms with Gasteiger partial charge in [0.2, 0.25) is 0 Å². The molecule has 0 bridgehead atoms. The summed E-state index contributed by atoms with van der Waals surface area (Å²) in [6, 6.07) is 24.4. The van der Waals surface area contributed by atoms with Gasteiger partial charge < -0.3 is 4.90 Å². The van der Waals surface area contributed by atoms with Crippen molar-refractivity contribution in [2.24, 2.45) is 0 Å². The third kappa shape index (κ3) is 3.06. The number of aromatic nitrogens is 2. The van der Waals surface area contributed by atoms with Crippen molar-refractivity contribution in [3.8, 4) is 5.69 Å². The molecule has 31 heavy (non-hydrogen) atoms. The SMILES string of the molecule is CC(C)N1C(=O)/C(=C\c2nc3ccccc3c(=O)n2-c2ccccc2)c2ccccc21. The van der Waals surface area contributed by atoms with Crippen LogP contribution in [0.2, 0.25) is 0 Å². The second-order valence-electron chi connectivity index (χ2n) is 7.81. The molecule has 2 heterocycles.